The normalized spacial score (nSPS) is 9.09. The average Bonchev–Trinajstić information content (AvgIpc) is 2.04. The first-order valence-corrected chi connectivity index (χ1v) is 3.57. The summed E-state index contributed by atoms with van der Waals surface area (Å²) in [6.45, 7) is 2.01. The van der Waals surface area contributed by atoms with E-state index in [0.717, 1.165) is 12.0 Å². The van der Waals surface area contributed by atoms with Crippen molar-refractivity contribution in [1.29, 1.82) is 5.26 Å². The maximum Gasteiger partial charge on any atom is 0.102 e. The second-order valence-corrected chi connectivity index (χ2v) is 2.35. The van der Waals surface area contributed by atoms with Crippen LogP contribution in [0.15, 0.2) is 18.2 Å². The summed E-state index contributed by atoms with van der Waals surface area (Å²) in [5, 5.41) is 8.70. The molecular formula is C9H10N2. The van der Waals surface area contributed by atoms with Crippen molar-refractivity contribution in [2.24, 2.45) is 0 Å². The monoisotopic (exact) mass is 146 g/mol. The Morgan fingerprint density at radius 3 is 2.73 bits per heavy atom. The summed E-state index contributed by atoms with van der Waals surface area (Å²) in [5.41, 5.74) is 7.80. The molecule has 0 radical (unpaired) electrons. The van der Waals surface area contributed by atoms with E-state index in [1.807, 2.05) is 19.1 Å². The number of nitriles is 1. The third kappa shape index (κ3) is 1.32. The second-order valence-electron chi connectivity index (χ2n) is 2.35. The van der Waals surface area contributed by atoms with Crippen LogP contribution in [0.3, 0.4) is 0 Å². The van der Waals surface area contributed by atoms with Crippen molar-refractivity contribution in [2.75, 3.05) is 5.73 Å². The van der Waals surface area contributed by atoms with Crippen molar-refractivity contribution in [1.82, 2.24) is 0 Å². The van der Waals surface area contributed by atoms with E-state index in [1.54, 1.807) is 6.07 Å². The van der Waals surface area contributed by atoms with Crippen LogP contribution in [0.4, 0.5) is 5.69 Å². The van der Waals surface area contributed by atoms with Gasteiger partial charge in [0.25, 0.3) is 0 Å². The van der Waals surface area contributed by atoms with Crippen molar-refractivity contribution in [3.8, 4) is 6.07 Å². The molecule has 0 aliphatic rings. The summed E-state index contributed by atoms with van der Waals surface area (Å²) in [6.07, 6.45) is 0.855. The lowest BCUT2D eigenvalue weighted by atomic mass is 10.0. The van der Waals surface area contributed by atoms with E-state index in [4.69, 9.17) is 11.0 Å². The van der Waals surface area contributed by atoms with Gasteiger partial charge in [-0.1, -0.05) is 19.1 Å². The number of anilines is 1. The molecule has 1 aromatic carbocycles. The summed E-state index contributed by atoms with van der Waals surface area (Å²) in [4.78, 5) is 0. The summed E-state index contributed by atoms with van der Waals surface area (Å²) >= 11 is 0. The van der Waals surface area contributed by atoms with Crippen LogP contribution in [0, 0.1) is 11.3 Å². The number of benzene rings is 1. The van der Waals surface area contributed by atoms with Crippen molar-refractivity contribution in [2.45, 2.75) is 13.3 Å². The largest absolute Gasteiger partial charge is 0.398 e. The molecule has 2 heteroatoms. The Balaban J connectivity index is 3.27. The van der Waals surface area contributed by atoms with Crippen molar-refractivity contribution < 1.29 is 0 Å². The number of nitrogen functional groups attached to an aromatic ring is 1. The first-order valence-electron chi connectivity index (χ1n) is 3.57. The Hall–Kier alpha value is -1.49. The average molecular weight is 146 g/mol. The van der Waals surface area contributed by atoms with Crippen LogP contribution in [0.1, 0.15) is 18.1 Å². The highest BCUT2D eigenvalue weighted by Gasteiger charge is 2.01. The third-order valence-corrected chi connectivity index (χ3v) is 1.68. The van der Waals surface area contributed by atoms with Gasteiger partial charge in [0, 0.05) is 5.69 Å². The first-order chi connectivity index (χ1) is 5.29. The number of hydrogen-bond acceptors (Lipinski definition) is 2. The van der Waals surface area contributed by atoms with Crippen molar-refractivity contribution in [3.63, 3.8) is 0 Å². The summed E-state index contributed by atoms with van der Waals surface area (Å²) in [7, 11) is 0. The maximum absolute atomic E-state index is 8.70. The Bertz CT molecular complexity index is 297. The Labute approximate surface area is 66.3 Å². The number of nitrogens with zero attached hydrogens (tertiary/aromatic N) is 1. The van der Waals surface area contributed by atoms with Gasteiger partial charge >= 0.3 is 0 Å². The van der Waals surface area contributed by atoms with E-state index in [0.29, 0.717) is 11.3 Å². The van der Waals surface area contributed by atoms with Gasteiger partial charge in [-0.05, 0) is 18.1 Å². The van der Waals surface area contributed by atoms with E-state index in [-0.39, 0.29) is 0 Å². The molecule has 56 valence electrons. The zero-order chi connectivity index (χ0) is 8.27. The zero-order valence-electron chi connectivity index (χ0n) is 6.46. The lowest BCUT2D eigenvalue weighted by Gasteiger charge is -2.01. The van der Waals surface area contributed by atoms with Crippen LogP contribution < -0.4 is 5.73 Å². The number of aryl methyl sites for hydroxylation is 1. The molecule has 1 rings (SSSR count). The number of hydrogen-bond donors (Lipinski definition) is 1. The number of nitrogens with two attached hydrogens (primary N) is 1. The van der Waals surface area contributed by atoms with Crippen LogP contribution in [0.25, 0.3) is 0 Å². The molecule has 0 atom stereocenters. The van der Waals surface area contributed by atoms with Gasteiger partial charge in [-0.3, -0.25) is 0 Å². The standard InChI is InChI=1S/C9H10N2/c1-2-7-4-3-5-9(11)8(7)6-10/h3-5H,2,11H2,1H3. The molecule has 0 spiro atoms. The topological polar surface area (TPSA) is 49.8 Å². The van der Waals surface area contributed by atoms with E-state index in [1.165, 1.54) is 0 Å². The minimum Gasteiger partial charge on any atom is -0.398 e. The molecule has 11 heavy (non-hydrogen) atoms. The Morgan fingerprint density at radius 1 is 1.55 bits per heavy atom. The van der Waals surface area contributed by atoms with Crippen LogP contribution in [-0.4, -0.2) is 0 Å². The van der Waals surface area contributed by atoms with Gasteiger partial charge in [-0.2, -0.15) is 5.26 Å². The van der Waals surface area contributed by atoms with Gasteiger partial charge in [-0.15, -0.1) is 0 Å². The molecule has 0 amide bonds. The van der Waals surface area contributed by atoms with E-state index in [2.05, 4.69) is 6.07 Å². The minimum absolute atomic E-state index is 0.576. The predicted octanol–water partition coefficient (Wildman–Crippen LogP) is 1.70. The van der Waals surface area contributed by atoms with Crippen LogP contribution >= 0.6 is 0 Å². The quantitative estimate of drug-likeness (QED) is 0.613. The fourth-order valence-electron chi connectivity index (χ4n) is 1.05. The minimum atomic E-state index is 0.576. The maximum atomic E-state index is 8.70. The number of rotatable bonds is 1. The lowest BCUT2D eigenvalue weighted by Crippen LogP contribution is -1.94. The smallest absolute Gasteiger partial charge is 0.102 e. The van der Waals surface area contributed by atoms with Crippen molar-refractivity contribution in [3.05, 3.63) is 29.3 Å². The SMILES string of the molecule is CCc1cccc(N)c1C#N. The molecule has 0 saturated carbocycles. The molecule has 0 aliphatic carbocycles. The molecule has 0 saturated heterocycles. The molecule has 0 heterocycles. The molecule has 0 bridgehead atoms. The fraction of sp³-hybridized carbons (Fsp3) is 0.222. The lowest BCUT2D eigenvalue weighted by molar-refractivity contribution is 1.13. The van der Waals surface area contributed by atoms with Crippen LogP contribution in [0.5, 0.6) is 0 Å². The van der Waals surface area contributed by atoms with Crippen LogP contribution in [-0.2, 0) is 6.42 Å². The zero-order valence-corrected chi connectivity index (χ0v) is 6.46. The predicted molar refractivity (Wildman–Crippen MR) is 44.9 cm³/mol. The molecule has 1 aromatic rings. The van der Waals surface area contributed by atoms with Crippen molar-refractivity contribution >= 4 is 5.69 Å². The Morgan fingerprint density at radius 2 is 2.27 bits per heavy atom. The second kappa shape index (κ2) is 3.07. The highest BCUT2D eigenvalue weighted by molar-refractivity contribution is 5.57. The molecule has 2 N–H and O–H groups in total. The highest BCUT2D eigenvalue weighted by Crippen LogP contribution is 2.15. The van der Waals surface area contributed by atoms with E-state index in [9.17, 15) is 0 Å². The molecule has 0 aliphatic heterocycles. The van der Waals surface area contributed by atoms with E-state index >= 15 is 0 Å². The summed E-state index contributed by atoms with van der Waals surface area (Å²) < 4.78 is 0. The first kappa shape index (κ1) is 7.62. The van der Waals surface area contributed by atoms with Gasteiger partial charge < -0.3 is 5.73 Å². The van der Waals surface area contributed by atoms with Gasteiger partial charge in [0.15, 0.2) is 0 Å². The van der Waals surface area contributed by atoms with Gasteiger partial charge in [0.05, 0.1) is 5.56 Å². The Kier molecular flexibility index (Phi) is 2.12. The molecule has 0 unspecified atom stereocenters. The van der Waals surface area contributed by atoms with Gasteiger partial charge in [0.2, 0.25) is 0 Å². The molecule has 2 nitrogen and oxygen atoms in total. The molecule has 0 aromatic heterocycles. The van der Waals surface area contributed by atoms with Gasteiger partial charge in [0.1, 0.15) is 6.07 Å². The summed E-state index contributed by atoms with van der Waals surface area (Å²) in [5.74, 6) is 0. The summed E-state index contributed by atoms with van der Waals surface area (Å²) in [6, 6.07) is 7.63. The fourth-order valence-corrected chi connectivity index (χ4v) is 1.05. The van der Waals surface area contributed by atoms with Gasteiger partial charge in [-0.25, -0.2) is 0 Å². The third-order valence-electron chi connectivity index (χ3n) is 1.68. The molecule has 0 fully saturated rings. The highest BCUT2D eigenvalue weighted by atomic mass is 14.6. The van der Waals surface area contributed by atoms with Crippen LogP contribution in [0.2, 0.25) is 0 Å². The molecular weight excluding hydrogens is 136 g/mol. The van der Waals surface area contributed by atoms with E-state index < -0.39 is 0 Å².